The third-order valence-corrected chi connectivity index (χ3v) is 5.75. The second-order valence-corrected chi connectivity index (χ2v) is 8.77. The van der Waals surface area contributed by atoms with Crippen LogP contribution in [-0.2, 0) is 16.2 Å². The van der Waals surface area contributed by atoms with E-state index >= 15 is 0 Å². The minimum atomic E-state index is -0.820. The molecule has 0 saturated carbocycles. The smallest absolute Gasteiger partial charge is 0.335 e. The Morgan fingerprint density at radius 1 is 0.917 bits per heavy atom. The minimum Gasteiger partial charge on any atom is -0.494 e. The number of nitrogens with one attached hydrogen (secondary N) is 1. The number of ether oxygens (including phenoxy) is 2. The lowest BCUT2D eigenvalue weighted by Crippen LogP contribution is -2.54. The quantitative estimate of drug-likeness (QED) is 0.334. The van der Waals surface area contributed by atoms with Gasteiger partial charge in [-0.3, -0.25) is 14.9 Å². The fraction of sp³-hybridized carbons (Fsp3) is 0.179. The number of urea groups is 1. The first-order valence-corrected chi connectivity index (χ1v) is 11.8. The van der Waals surface area contributed by atoms with E-state index in [1.165, 1.54) is 6.08 Å². The van der Waals surface area contributed by atoms with E-state index in [4.69, 9.17) is 21.1 Å². The third-order valence-electron chi connectivity index (χ3n) is 5.45. The molecule has 1 aliphatic heterocycles. The molecule has 4 amide bonds. The molecular weight excluding hydrogens is 480 g/mol. The summed E-state index contributed by atoms with van der Waals surface area (Å²) in [5, 5.41) is 2.54. The van der Waals surface area contributed by atoms with Crippen LogP contribution < -0.4 is 19.7 Å². The fourth-order valence-electron chi connectivity index (χ4n) is 3.95. The maximum absolute atomic E-state index is 13.1. The molecule has 1 N–H and O–H groups in total. The summed E-state index contributed by atoms with van der Waals surface area (Å²) in [4.78, 5) is 38.9. The van der Waals surface area contributed by atoms with Gasteiger partial charge in [-0.05, 0) is 74.4 Å². The van der Waals surface area contributed by atoms with Crippen molar-refractivity contribution in [3.8, 4) is 11.5 Å². The SMILES string of the molecule is CCOc1ccc(N2C(=O)NC(=O)/C(=C\c3ccc(OCc4cc(C)cc(C)c4)c(Cl)c3)C2=O)cc1. The van der Waals surface area contributed by atoms with Crippen molar-refractivity contribution in [3.63, 3.8) is 0 Å². The van der Waals surface area contributed by atoms with E-state index in [-0.39, 0.29) is 5.57 Å². The van der Waals surface area contributed by atoms with Crippen LogP contribution in [0.4, 0.5) is 10.5 Å². The molecule has 0 atom stereocenters. The molecule has 0 aliphatic carbocycles. The Hall–Kier alpha value is -4.10. The Kier molecular flexibility index (Phi) is 7.41. The summed E-state index contributed by atoms with van der Waals surface area (Å²) < 4.78 is 11.3. The van der Waals surface area contributed by atoms with Gasteiger partial charge < -0.3 is 9.47 Å². The Labute approximate surface area is 214 Å². The van der Waals surface area contributed by atoms with Gasteiger partial charge in [0.2, 0.25) is 0 Å². The highest BCUT2D eigenvalue weighted by atomic mass is 35.5. The first-order chi connectivity index (χ1) is 17.2. The zero-order valence-corrected chi connectivity index (χ0v) is 20.9. The largest absolute Gasteiger partial charge is 0.494 e. The lowest BCUT2D eigenvalue weighted by Gasteiger charge is -2.26. The predicted octanol–water partition coefficient (Wildman–Crippen LogP) is 5.60. The highest BCUT2D eigenvalue weighted by Crippen LogP contribution is 2.29. The van der Waals surface area contributed by atoms with E-state index in [1.54, 1.807) is 42.5 Å². The topological polar surface area (TPSA) is 84.9 Å². The summed E-state index contributed by atoms with van der Waals surface area (Å²) in [6, 6.07) is 16.8. The van der Waals surface area contributed by atoms with Gasteiger partial charge in [-0.1, -0.05) is 47.0 Å². The van der Waals surface area contributed by atoms with E-state index in [0.717, 1.165) is 21.6 Å². The van der Waals surface area contributed by atoms with Crippen molar-refractivity contribution in [2.75, 3.05) is 11.5 Å². The van der Waals surface area contributed by atoms with E-state index in [2.05, 4.69) is 11.4 Å². The first-order valence-electron chi connectivity index (χ1n) is 11.4. The van der Waals surface area contributed by atoms with Crippen LogP contribution in [0.3, 0.4) is 0 Å². The third kappa shape index (κ3) is 5.58. The van der Waals surface area contributed by atoms with Gasteiger partial charge in [0.05, 0.1) is 17.3 Å². The number of rotatable bonds is 7. The monoisotopic (exact) mass is 504 g/mol. The van der Waals surface area contributed by atoms with Crippen molar-refractivity contribution in [2.45, 2.75) is 27.4 Å². The van der Waals surface area contributed by atoms with Crippen LogP contribution in [0.2, 0.25) is 5.02 Å². The first kappa shape index (κ1) is 25.0. The molecule has 1 fully saturated rings. The van der Waals surface area contributed by atoms with Gasteiger partial charge in [0.1, 0.15) is 23.7 Å². The molecular formula is C28H25ClN2O5. The van der Waals surface area contributed by atoms with Gasteiger partial charge in [0.15, 0.2) is 0 Å². The molecule has 3 aromatic carbocycles. The lowest BCUT2D eigenvalue weighted by molar-refractivity contribution is -0.122. The van der Waals surface area contributed by atoms with Crippen molar-refractivity contribution in [1.29, 1.82) is 0 Å². The van der Waals surface area contributed by atoms with Crippen LogP contribution in [-0.4, -0.2) is 24.5 Å². The Bertz CT molecular complexity index is 1340. The van der Waals surface area contributed by atoms with Gasteiger partial charge in [0.25, 0.3) is 11.8 Å². The van der Waals surface area contributed by atoms with E-state index in [9.17, 15) is 14.4 Å². The lowest BCUT2D eigenvalue weighted by atomic mass is 10.1. The molecule has 0 bridgehead atoms. The van der Waals surface area contributed by atoms with Gasteiger partial charge in [-0.25, -0.2) is 9.69 Å². The molecule has 0 unspecified atom stereocenters. The molecule has 0 aromatic heterocycles. The normalized spacial score (nSPS) is 14.7. The minimum absolute atomic E-state index is 0.191. The summed E-state index contributed by atoms with van der Waals surface area (Å²) in [6.07, 6.45) is 1.39. The molecule has 0 spiro atoms. The number of barbiturate groups is 1. The summed E-state index contributed by atoms with van der Waals surface area (Å²) in [5.41, 5.74) is 3.96. The fourth-order valence-corrected chi connectivity index (χ4v) is 4.20. The van der Waals surface area contributed by atoms with Gasteiger partial charge in [-0.2, -0.15) is 0 Å². The van der Waals surface area contributed by atoms with Crippen molar-refractivity contribution < 1.29 is 23.9 Å². The van der Waals surface area contributed by atoms with E-state index in [0.29, 0.717) is 41.0 Å². The number of benzene rings is 3. The number of aryl methyl sites for hydroxylation is 2. The summed E-state index contributed by atoms with van der Waals surface area (Å²) >= 11 is 6.42. The molecule has 8 heteroatoms. The molecule has 4 rings (SSSR count). The Balaban J connectivity index is 1.54. The molecule has 36 heavy (non-hydrogen) atoms. The number of amides is 4. The van der Waals surface area contributed by atoms with Crippen LogP contribution in [0, 0.1) is 13.8 Å². The van der Waals surface area contributed by atoms with Gasteiger partial charge in [-0.15, -0.1) is 0 Å². The number of hydrogen-bond donors (Lipinski definition) is 1. The second-order valence-electron chi connectivity index (χ2n) is 8.36. The number of anilines is 1. The molecule has 1 aliphatic rings. The Morgan fingerprint density at radius 3 is 2.25 bits per heavy atom. The summed E-state index contributed by atoms with van der Waals surface area (Å²) in [7, 11) is 0. The number of carbonyl (C=O) groups excluding carboxylic acids is 3. The number of imide groups is 2. The Morgan fingerprint density at radius 2 is 1.61 bits per heavy atom. The standard InChI is InChI=1S/C28H25ClN2O5/c1-4-35-22-8-6-21(7-9-22)31-27(33)23(26(32)30-28(31)34)14-19-5-10-25(24(29)15-19)36-16-20-12-17(2)11-18(3)13-20/h5-15H,4,16H2,1-3H3,(H,30,32,34)/b23-14+. The zero-order valence-electron chi connectivity index (χ0n) is 20.1. The average molecular weight is 505 g/mol. The van der Waals surface area contributed by atoms with Crippen LogP contribution in [0.25, 0.3) is 6.08 Å². The van der Waals surface area contributed by atoms with Crippen LogP contribution in [0.15, 0.2) is 66.2 Å². The summed E-state index contributed by atoms with van der Waals surface area (Å²) in [6.45, 7) is 6.75. The highest BCUT2D eigenvalue weighted by Gasteiger charge is 2.36. The van der Waals surface area contributed by atoms with Crippen molar-refractivity contribution in [3.05, 3.63) is 93.5 Å². The molecule has 1 heterocycles. The number of hydrogen-bond acceptors (Lipinski definition) is 5. The second kappa shape index (κ2) is 10.7. The molecule has 1 saturated heterocycles. The molecule has 184 valence electrons. The summed E-state index contributed by atoms with van der Waals surface area (Å²) in [5.74, 6) is -0.436. The van der Waals surface area contributed by atoms with E-state index in [1.807, 2.05) is 32.9 Å². The maximum atomic E-state index is 13.1. The average Bonchev–Trinajstić information content (AvgIpc) is 2.82. The number of nitrogens with zero attached hydrogens (tertiary/aromatic N) is 1. The zero-order chi connectivity index (χ0) is 25.8. The van der Waals surface area contributed by atoms with Crippen molar-refractivity contribution in [1.82, 2.24) is 5.32 Å². The van der Waals surface area contributed by atoms with Gasteiger partial charge in [0, 0.05) is 0 Å². The van der Waals surface area contributed by atoms with Gasteiger partial charge >= 0.3 is 6.03 Å². The number of carbonyl (C=O) groups is 3. The molecule has 3 aromatic rings. The van der Waals surface area contributed by atoms with Crippen molar-refractivity contribution in [2.24, 2.45) is 0 Å². The van der Waals surface area contributed by atoms with Crippen LogP contribution in [0.5, 0.6) is 11.5 Å². The molecule has 7 nitrogen and oxygen atoms in total. The highest BCUT2D eigenvalue weighted by molar-refractivity contribution is 6.39. The molecule has 0 radical (unpaired) electrons. The van der Waals surface area contributed by atoms with E-state index < -0.39 is 17.8 Å². The maximum Gasteiger partial charge on any atom is 0.335 e. The predicted molar refractivity (Wildman–Crippen MR) is 138 cm³/mol. The van der Waals surface area contributed by atoms with Crippen molar-refractivity contribution >= 4 is 41.2 Å². The van der Waals surface area contributed by atoms with Crippen LogP contribution >= 0.6 is 11.6 Å². The van der Waals surface area contributed by atoms with Crippen LogP contribution in [0.1, 0.15) is 29.2 Å². The number of halogens is 1.